The van der Waals surface area contributed by atoms with Gasteiger partial charge in [0.25, 0.3) is 0 Å². The van der Waals surface area contributed by atoms with Crippen molar-refractivity contribution < 1.29 is 9.53 Å². The number of methoxy groups -OCH3 is 1. The van der Waals surface area contributed by atoms with Crippen LogP contribution in [0.2, 0.25) is 0 Å². The minimum atomic E-state index is -0.0512. The van der Waals surface area contributed by atoms with Gasteiger partial charge in [-0.25, -0.2) is 0 Å². The number of amides is 1. The number of hydrogen-bond acceptors (Lipinski definition) is 4. The molecule has 0 aliphatic carbocycles. The largest absolute Gasteiger partial charge is 0.383 e. The van der Waals surface area contributed by atoms with Gasteiger partial charge in [0.05, 0.1) is 13.2 Å². The Kier molecular flexibility index (Phi) is 6.32. The summed E-state index contributed by atoms with van der Waals surface area (Å²) >= 11 is 0. The molecule has 0 bridgehead atoms. The Bertz CT molecular complexity index is 419. The number of aryl methyl sites for hydroxylation is 1. The fourth-order valence-electron chi connectivity index (χ4n) is 1.75. The van der Waals surface area contributed by atoms with Crippen molar-refractivity contribution in [2.45, 2.75) is 6.92 Å². The molecule has 0 aromatic heterocycles. The van der Waals surface area contributed by atoms with E-state index < -0.39 is 0 Å². The zero-order valence-corrected chi connectivity index (χ0v) is 12.1. The predicted molar refractivity (Wildman–Crippen MR) is 78.9 cm³/mol. The van der Waals surface area contributed by atoms with Crippen LogP contribution < -0.4 is 15.5 Å². The zero-order chi connectivity index (χ0) is 14.3. The molecule has 0 atom stereocenters. The molecular weight excluding hydrogens is 242 g/mol. The molecular formula is C14H23N3O2. The highest BCUT2D eigenvalue weighted by atomic mass is 16.5. The number of carbonyl (C=O) groups excluding carboxylic acids is 1. The third-order valence-corrected chi connectivity index (χ3v) is 2.74. The van der Waals surface area contributed by atoms with E-state index in [9.17, 15) is 4.79 Å². The Hall–Kier alpha value is -1.59. The summed E-state index contributed by atoms with van der Waals surface area (Å²) in [6.45, 7) is 3.60. The van der Waals surface area contributed by atoms with Crippen molar-refractivity contribution in [3.63, 3.8) is 0 Å². The Morgan fingerprint density at radius 2 is 2.11 bits per heavy atom. The molecule has 19 heavy (non-hydrogen) atoms. The van der Waals surface area contributed by atoms with Crippen molar-refractivity contribution in [3.05, 3.63) is 23.8 Å². The molecule has 106 valence electrons. The topological polar surface area (TPSA) is 53.6 Å². The Morgan fingerprint density at radius 3 is 2.74 bits per heavy atom. The number of anilines is 2. The number of benzene rings is 1. The lowest BCUT2D eigenvalue weighted by Crippen LogP contribution is -2.30. The molecule has 2 N–H and O–H groups in total. The molecule has 0 heterocycles. The van der Waals surface area contributed by atoms with Crippen LogP contribution in [0.1, 0.15) is 5.56 Å². The maximum atomic E-state index is 11.7. The van der Waals surface area contributed by atoms with Gasteiger partial charge in [-0.15, -0.1) is 0 Å². The Labute approximate surface area is 114 Å². The molecule has 1 aromatic carbocycles. The van der Waals surface area contributed by atoms with Crippen molar-refractivity contribution in [1.82, 2.24) is 5.32 Å². The van der Waals surface area contributed by atoms with E-state index in [-0.39, 0.29) is 12.5 Å². The van der Waals surface area contributed by atoms with Gasteiger partial charge in [0.2, 0.25) is 5.91 Å². The lowest BCUT2D eigenvalue weighted by molar-refractivity contribution is -0.115. The lowest BCUT2D eigenvalue weighted by atomic mass is 10.1. The maximum absolute atomic E-state index is 11.7. The first-order valence-electron chi connectivity index (χ1n) is 6.32. The Balaban J connectivity index is 2.52. The van der Waals surface area contributed by atoms with E-state index in [0.717, 1.165) is 11.4 Å². The second kappa shape index (κ2) is 7.76. The van der Waals surface area contributed by atoms with Crippen LogP contribution >= 0.6 is 0 Å². The molecule has 1 aromatic rings. The molecule has 0 saturated heterocycles. The van der Waals surface area contributed by atoms with Crippen LogP contribution in [-0.4, -0.2) is 46.8 Å². The molecule has 0 unspecified atom stereocenters. The van der Waals surface area contributed by atoms with Gasteiger partial charge in [-0.1, -0.05) is 6.07 Å². The van der Waals surface area contributed by atoms with E-state index in [4.69, 9.17) is 4.74 Å². The number of nitrogens with one attached hydrogen (secondary N) is 2. The first-order valence-corrected chi connectivity index (χ1v) is 6.32. The number of nitrogens with zero attached hydrogens (tertiary/aromatic N) is 1. The summed E-state index contributed by atoms with van der Waals surface area (Å²) in [6.07, 6.45) is 0. The van der Waals surface area contributed by atoms with E-state index in [2.05, 4.69) is 10.6 Å². The SMILES string of the molecule is COCCNCC(=O)Nc1ccc(C)c(N(C)C)c1. The van der Waals surface area contributed by atoms with Crippen molar-refractivity contribution in [3.8, 4) is 0 Å². The van der Waals surface area contributed by atoms with Gasteiger partial charge < -0.3 is 20.3 Å². The van der Waals surface area contributed by atoms with Crippen molar-refractivity contribution >= 4 is 17.3 Å². The van der Waals surface area contributed by atoms with Crippen LogP contribution in [-0.2, 0) is 9.53 Å². The molecule has 0 saturated carbocycles. The van der Waals surface area contributed by atoms with Crippen LogP contribution in [0.15, 0.2) is 18.2 Å². The minimum absolute atomic E-state index is 0.0512. The molecule has 0 aliphatic heterocycles. The summed E-state index contributed by atoms with van der Waals surface area (Å²) in [5.74, 6) is -0.0512. The molecule has 1 rings (SSSR count). The quantitative estimate of drug-likeness (QED) is 0.728. The van der Waals surface area contributed by atoms with E-state index in [1.54, 1.807) is 7.11 Å². The van der Waals surface area contributed by atoms with Crippen LogP contribution in [0.5, 0.6) is 0 Å². The summed E-state index contributed by atoms with van der Waals surface area (Å²) in [4.78, 5) is 13.7. The van der Waals surface area contributed by atoms with Crippen LogP contribution in [0.4, 0.5) is 11.4 Å². The number of hydrogen-bond donors (Lipinski definition) is 2. The summed E-state index contributed by atoms with van der Waals surface area (Å²) in [5, 5.41) is 5.88. The number of ether oxygens (including phenoxy) is 1. The summed E-state index contributed by atoms with van der Waals surface area (Å²) in [6, 6.07) is 5.89. The van der Waals surface area contributed by atoms with E-state index >= 15 is 0 Å². The van der Waals surface area contributed by atoms with Gasteiger partial charge in [-0.2, -0.15) is 0 Å². The van der Waals surface area contributed by atoms with E-state index in [1.807, 2.05) is 44.1 Å². The molecule has 5 nitrogen and oxygen atoms in total. The monoisotopic (exact) mass is 265 g/mol. The van der Waals surface area contributed by atoms with Crippen LogP contribution in [0.3, 0.4) is 0 Å². The second-order valence-electron chi connectivity index (χ2n) is 4.61. The fraction of sp³-hybridized carbons (Fsp3) is 0.500. The Morgan fingerprint density at radius 1 is 1.37 bits per heavy atom. The van der Waals surface area contributed by atoms with Crippen molar-refractivity contribution in [2.75, 3.05) is 51.1 Å². The third-order valence-electron chi connectivity index (χ3n) is 2.74. The standard InChI is InChI=1S/C14H23N3O2/c1-11-5-6-12(9-13(11)17(2)3)16-14(18)10-15-7-8-19-4/h5-6,9,15H,7-8,10H2,1-4H3,(H,16,18). The average molecular weight is 265 g/mol. The summed E-state index contributed by atoms with van der Waals surface area (Å²) < 4.78 is 4.90. The van der Waals surface area contributed by atoms with Gasteiger partial charge in [0, 0.05) is 39.1 Å². The highest BCUT2D eigenvalue weighted by Gasteiger charge is 2.05. The van der Waals surface area contributed by atoms with Gasteiger partial charge in [0.1, 0.15) is 0 Å². The second-order valence-corrected chi connectivity index (χ2v) is 4.61. The zero-order valence-electron chi connectivity index (χ0n) is 12.1. The molecule has 5 heteroatoms. The highest BCUT2D eigenvalue weighted by molar-refractivity contribution is 5.92. The van der Waals surface area contributed by atoms with Crippen molar-refractivity contribution in [1.29, 1.82) is 0 Å². The van der Waals surface area contributed by atoms with Gasteiger partial charge in [-0.05, 0) is 24.6 Å². The highest BCUT2D eigenvalue weighted by Crippen LogP contribution is 2.22. The van der Waals surface area contributed by atoms with Gasteiger partial charge >= 0.3 is 0 Å². The number of rotatable bonds is 7. The first kappa shape index (κ1) is 15.5. The molecule has 0 radical (unpaired) electrons. The smallest absolute Gasteiger partial charge is 0.238 e. The van der Waals surface area contributed by atoms with E-state index in [0.29, 0.717) is 13.2 Å². The summed E-state index contributed by atoms with van der Waals surface area (Å²) in [5.41, 5.74) is 3.10. The van der Waals surface area contributed by atoms with Gasteiger partial charge in [0.15, 0.2) is 0 Å². The predicted octanol–water partition coefficient (Wildman–Crippen LogP) is 1.24. The maximum Gasteiger partial charge on any atom is 0.238 e. The van der Waals surface area contributed by atoms with Crippen LogP contribution in [0, 0.1) is 6.92 Å². The summed E-state index contributed by atoms with van der Waals surface area (Å²) in [7, 11) is 5.61. The normalized spacial score (nSPS) is 10.3. The fourth-order valence-corrected chi connectivity index (χ4v) is 1.75. The third kappa shape index (κ3) is 5.28. The molecule has 0 aliphatic rings. The minimum Gasteiger partial charge on any atom is -0.383 e. The lowest BCUT2D eigenvalue weighted by Gasteiger charge is -2.17. The van der Waals surface area contributed by atoms with Gasteiger partial charge in [-0.3, -0.25) is 4.79 Å². The first-order chi connectivity index (χ1) is 9.04. The van der Waals surface area contributed by atoms with E-state index in [1.165, 1.54) is 5.56 Å². The average Bonchev–Trinajstić information content (AvgIpc) is 2.36. The van der Waals surface area contributed by atoms with Crippen LogP contribution in [0.25, 0.3) is 0 Å². The molecule has 0 fully saturated rings. The number of carbonyl (C=O) groups is 1. The molecule has 0 spiro atoms. The molecule has 1 amide bonds. The van der Waals surface area contributed by atoms with Crippen molar-refractivity contribution in [2.24, 2.45) is 0 Å².